The van der Waals surface area contributed by atoms with Gasteiger partial charge in [0.05, 0.1) is 6.54 Å². The summed E-state index contributed by atoms with van der Waals surface area (Å²) >= 11 is 0. The van der Waals surface area contributed by atoms with E-state index >= 15 is 0 Å². The minimum Gasteiger partial charge on any atom is -0.339 e. The Bertz CT molecular complexity index is 262. The van der Waals surface area contributed by atoms with E-state index < -0.39 is 0 Å². The Kier molecular flexibility index (Phi) is 3.03. The van der Waals surface area contributed by atoms with Gasteiger partial charge < -0.3 is 9.84 Å². The van der Waals surface area contributed by atoms with Gasteiger partial charge >= 0.3 is 0 Å². The molecule has 0 unspecified atom stereocenters. The van der Waals surface area contributed by atoms with Crippen molar-refractivity contribution in [2.75, 3.05) is 7.05 Å². The summed E-state index contributed by atoms with van der Waals surface area (Å²) in [6, 6.07) is 0. The molecule has 1 aromatic rings. The number of hydrogen-bond donors (Lipinski definition) is 1. The fourth-order valence-electron chi connectivity index (χ4n) is 1.05. The van der Waals surface area contributed by atoms with Crippen molar-refractivity contribution >= 4 is 0 Å². The minimum atomic E-state index is 0.198. The van der Waals surface area contributed by atoms with Gasteiger partial charge in [-0.2, -0.15) is 4.98 Å². The predicted octanol–water partition coefficient (Wildman–Crippen LogP) is 1.38. The second-order valence-electron chi connectivity index (χ2n) is 4.37. The zero-order chi connectivity index (χ0) is 9.90. The number of nitrogens with zero attached hydrogens (tertiary/aromatic N) is 2. The van der Waals surface area contributed by atoms with Crippen molar-refractivity contribution in [1.29, 1.82) is 0 Å². The van der Waals surface area contributed by atoms with Crippen molar-refractivity contribution in [3.63, 3.8) is 0 Å². The molecule has 0 saturated carbocycles. The summed E-state index contributed by atoms with van der Waals surface area (Å²) in [4.78, 5) is 4.25. The van der Waals surface area contributed by atoms with E-state index in [4.69, 9.17) is 4.52 Å². The summed E-state index contributed by atoms with van der Waals surface area (Å²) in [5.74, 6) is 1.44. The largest absolute Gasteiger partial charge is 0.339 e. The van der Waals surface area contributed by atoms with Crippen LogP contribution in [0.1, 0.15) is 32.5 Å². The van der Waals surface area contributed by atoms with Crippen molar-refractivity contribution in [2.45, 2.75) is 33.7 Å². The van der Waals surface area contributed by atoms with Crippen LogP contribution in [-0.2, 0) is 13.0 Å². The third-order valence-electron chi connectivity index (χ3n) is 1.53. The lowest BCUT2D eigenvalue weighted by atomic mass is 9.92. The Hall–Kier alpha value is -0.900. The van der Waals surface area contributed by atoms with E-state index in [-0.39, 0.29) is 5.41 Å². The van der Waals surface area contributed by atoms with Crippen LogP contribution in [-0.4, -0.2) is 17.2 Å². The maximum absolute atomic E-state index is 5.09. The zero-order valence-electron chi connectivity index (χ0n) is 8.72. The van der Waals surface area contributed by atoms with Gasteiger partial charge in [-0.3, -0.25) is 0 Å². The molecule has 0 aliphatic rings. The van der Waals surface area contributed by atoms with Crippen LogP contribution in [0, 0.1) is 5.41 Å². The summed E-state index contributed by atoms with van der Waals surface area (Å²) in [5.41, 5.74) is 0.198. The summed E-state index contributed by atoms with van der Waals surface area (Å²) in [5, 5.41) is 6.82. The van der Waals surface area contributed by atoms with Gasteiger partial charge in [0.15, 0.2) is 5.82 Å². The van der Waals surface area contributed by atoms with E-state index in [1.807, 2.05) is 7.05 Å². The molecule has 13 heavy (non-hydrogen) atoms. The fourth-order valence-corrected chi connectivity index (χ4v) is 1.05. The molecule has 1 N–H and O–H groups in total. The molecule has 0 aromatic carbocycles. The van der Waals surface area contributed by atoms with Crippen LogP contribution in [0.4, 0.5) is 0 Å². The van der Waals surface area contributed by atoms with Crippen LogP contribution < -0.4 is 5.32 Å². The summed E-state index contributed by atoms with van der Waals surface area (Å²) in [6.45, 7) is 7.10. The lowest BCUT2D eigenvalue weighted by molar-refractivity contribution is 0.312. The Morgan fingerprint density at radius 2 is 2.08 bits per heavy atom. The molecule has 1 aromatic heterocycles. The van der Waals surface area contributed by atoms with Gasteiger partial charge in [0.2, 0.25) is 5.89 Å². The highest BCUT2D eigenvalue weighted by Gasteiger charge is 2.16. The minimum absolute atomic E-state index is 0.198. The normalized spacial score (nSPS) is 12.0. The van der Waals surface area contributed by atoms with Crippen molar-refractivity contribution in [3.8, 4) is 0 Å². The molecular weight excluding hydrogens is 166 g/mol. The van der Waals surface area contributed by atoms with Crippen LogP contribution >= 0.6 is 0 Å². The van der Waals surface area contributed by atoms with Crippen LogP contribution in [0.2, 0.25) is 0 Å². The fraction of sp³-hybridized carbons (Fsp3) is 0.778. The molecule has 0 aliphatic carbocycles. The molecule has 0 fully saturated rings. The van der Waals surface area contributed by atoms with Crippen LogP contribution in [0.25, 0.3) is 0 Å². The SMILES string of the molecule is CNCc1noc(CC(C)(C)C)n1. The Balaban J connectivity index is 2.59. The highest BCUT2D eigenvalue weighted by atomic mass is 16.5. The first-order chi connectivity index (χ1) is 6.01. The number of rotatable bonds is 3. The zero-order valence-corrected chi connectivity index (χ0v) is 8.72. The molecule has 0 aliphatic heterocycles. The van der Waals surface area contributed by atoms with Crippen molar-refractivity contribution in [1.82, 2.24) is 15.5 Å². The highest BCUT2D eigenvalue weighted by Crippen LogP contribution is 2.18. The summed E-state index contributed by atoms with van der Waals surface area (Å²) < 4.78 is 5.09. The number of nitrogens with one attached hydrogen (secondary N) is 1. The van der Waals surface area contributed by atoms with Crippen molar-refractivity contribution < 1.29 is 4.52 Å². The van der Waals surface area contributed by atoms with Gasteiger partial charge in [-0.15, -0.1) is 0 Å². The first-order valence-corrected chi connectivity index (χ1v) is 4.47. The van der Waals surface area contributed by atoms with E-state index in [0.29, 0.717) is 6.54 Å². The van der Waals surface area contributed by atoms with E-state index in [1.54, 1.807) is 0 Å². The Labute approximate surface area is 78.7 Å². The molecule has 0 amide bonds. The van der Waals surface area contributed by atoms with E-state index in [1.165, 1.54) is 0 Å². The molecule has 0 bridgehead atoms. The summed E-state index contributed by atoms with van der Waals surface area (Å²) in [7, 11) is 1.86. The smallest absolute Gasteiger partial charge is 0.227 e. The van der Waals surface area contributed by atoms with Gasteiger partial charge in [0.1, 0.15) is 0 Å². The van der Waals surface area contributed by atoms with Gasteiger partial charge in [0, 0.05) is 6.42 Å². The molecule has 0 saturated heterocycles. The quantitative estimate of drug-likeness (QED) is 0.769. The van der Waals surface area contributed by atoms with E-state index in [9.17, 15) is 0 Å². The van der Waals surface area contributed by atoms with Crippen LogP contribution in [0.5, 0.6) is 0 Å². The number of hydrogen-bond acceptors (Lipinski definition) is 4. The molecule has 0 atom stereocenters. The monoisotopic (exact) mass is 183 g/mol. The third kappa shape index (κ3) is 3.55. The Morgan fingerprint density at radius 3 is 2.62 bits per heavy atom. The average Bonchev–Trinajstić information content (AvgIpc) is 2.33. The average molecular weight is 183 g/mol. The topological polar surface area (TPSA) is 51.0 Å². The number of aromatic nitrogens is 2. The molecule has 4 heteroatoms. The van der Waals surface area contributed by atoms with E-state index in [0.717, 1.165) is 18.1 Å². The van der Waals surface area contributed by atoms with Gasteiger partial charge in [-0.25, -0.2) is 0 Å². The lowest BCUT2D eigenvalue weighted by Gasteiger charge is -2.13. The van der Waals surface area contributed by atoms with Crippen LogP contribution in [0.3, 0.4) is 0 Å². The van der Waals surface area contributed by atoms with Crippen LogP contribution in [0.15, 0.2) is 4.52 Å². The molecular formula is C9H17N3O. The molecule has 74 valence electrons. The second-order valence-corrected chi connectivity index (χ2v) is 4.37. The van der Waals surface area contributed by atoms with E-state index in [2.05, 4.69) is 36.2 Å². The van der Waals surface area contributed by atoms with Crippen molar-refractivity contribution in [3.05, 3.63) is 11.7 Å². The molecule has 1 heterocycles. The molecule has 0 spiro atoms. The Morgan fingerprint density at radius 1 is 1.38 bits per heavy atom. The first-order valence-electron chi connectivity index (χ1n) is 4.47. The van der Waals surface area contributed by atoms with Gasteiger partial charge in [0.25, 0.3) is 0 Å². The maximum Gasteiger partial charge on any atom is 0.227 e. The first kappa shape index (κ1) is 10.2. The molecule has 1 rings (SSSR count). The molecule has 0 radical (unpaired) electrons. The van der Waals surface area contributed by atoms with Gasteiger partial charge in [-0.1, -0.05) is 25.9 Å². The standard InChI is InChI=1S/C9H17N3O/c1-9(2,3)5-8-11-7(6-10-4)12-13-8/h10H,5-6H2,1-4H3. The maximum atomic E-state index is 5.09. The predicted molar refractivity (Wildman–Crippen MR) is 50.2 cm³/mol. The third-order valence-corrected chi connectivity index (χ3v) is 1.53. The van der Waals surface area contributed by atoms with Gasteiger partial charge in [-0.05, 0) is 12.5 Å². The summed E-state index contributed by atoms with van der Waals surface area (Å²) in [6.07, 6.45) is 0.823. The lowest BCUT2D eigenvalue weighted by Crippen LogP contribution is -2.10. The highest BCUT2D eigenvalue weighted by molar-refractivity contribution is 4.88. The second kappa shape index (κ2) is 3.87. The molecule has 4 nitrogen and oxygen atoms in total. The van der Waals surface area contributed by atoms with Crippen molar-refractivity contribution in [2.24, 2.45) is 5.41 Å².